The number of rotatable bonds is 1. The van der Waals surface area contributed by atoms with Gasteiger partial charge in [-0.15, -0.1) is 0 Å². The van der Waals surface area contributed by atoms with Crippen molar-refractivity contribution in [1.29, 1.82) is 0 Å². The number of aryl methyl sites for hydroxylation is 1. The van der Waals surface area contributed by atoms with Crippen molar-refractivity contribution < 1.29 is 18.8 Å². The van der Waals surface area contributed by atoms with Gasteiger partial charge < -0.3 is 18.9 Å². The van der Waals surface area contributed by atoms with Crippen molar-refractivity contribution >= 4 is 12.0 Å². The third-order valence-corrected chi connectivity index (χ3v) is 4.04. The number of anilines is 1. The molecule has 0 radical (unpaired) electrons. The van der Waals surface area contributed by atoms with Crippen molar-refractivity contribution in [1.82, 2.24) is 15.0 Å². The Bertz CT molecular complexity index is 498. The predicted octanol–water partition coefficient (Wildman–Crippen LogP) is 1.18. The first kappa shape index (κ1) is 14.3. The first-order valence-electron chi connectivity index (χ1n) is 7.25. The summed E-state index contributed by atoms with van der Waals surface area (Å²) in [6.45, 7) is 4.91. The Morgan fingerprint density at radius 3 is 2.76 bits per heavy atom. The molecule has 2 fully saturated rings. The molecule has 1 spiro atoms. The minimum atomic E-state index is -0.230. The number of hydrogen-bond donors (Lipinski definition) is 1. The second-order valence-corrected chi connectivity index (χ2v) is 5.46. The van der Waals surface area contributed by atoms with Gasteiger partial charge in [-0.3, -0.25) is 5.32 Å². The predicted molar refractivity (Wildman–Crippen MR) is 73.0 cm³/mol. The molecule has 21 heavy (non-hydrogen) atoms. The minimum absolute atomic E-state index is 0.128. The van der Waals surface area contributed by atoms with Gasteiger partial charge in [0.2, 0.25) is 0 Å². The van der Waals surface area contributed by atoms with E-state index in [1.165, 1.54) is 0 Å². The molecule has 1 aromatic heterocycles. The Kier molecular flexibility index (Phi) is 4.07. The summed E-state index contributed by atoms with van der Waals surface area (Å²) in [4.78, 5) is 17.9. The van der Waals surface area contributed by atoms with Gasteiger partial charge in [0.15, 0.2) is 5.82 Å². The summed E-state index contributed by atoms with van der Waals surface area (Å²) in [6, 6.07) is -0.102. The molecule has 8 nitrogen and oxygen atoms in total. The lowest BCUT2D eigenvalue weighted by molar-refractivity contribution is -0.105. The molecule has 1 N–H and O–H groups in total. The molecule has 0 saturated carbocycles. The SMILES string of the molecule is Cc1noc(NC(=O)N2CCOC3(CCOCC3)CC2)n1. The van der Waals surface area contributed by atoms with Crippen LogP contribution in [0.3, 0.4) is 0 Å². The maximum Gasteiger partial charge on any atom is 0.329 e. The van der Waals surface area contributed by atoms with E-state index in [4.69, 9.17) is 14.0 Å². The van der Waals surface area contributed by atoms with Crippen molar-refractivity contribution in [3.63, 3.8) is 0 Å². The molecular weight excluding hydrogens is 276 g/mol. The molecule has 0 unspecified atom stereocenters. The molecule has 1 aromatic rings. The molecule has 3 rings (SSSR count). The molecule has 116 valence electrons. The summed E-state index contributed by atoms with van der Waals surface area (Å²) < 4.78 is 16.3. The van der Waals surface area contributed by atoms with E-state index in [2.05, 4.69) is 15.5 Å². The zero-order chi connectivity index (χ0) is 14.7. The monoisotopic (exact) mass is 296 g/mol. The number of aromatic nitrogens is 2. The van der Waals surface area contributed by atoms with Crippen LogP contribution in [0.4, 0.5) is 10.8 Å². The second-order valence-electron chi connectivity index (χ2n) is 5.46. The fourth-order valence-corrected chi connectivity index (χ4v) is 2.75. The largest absolute Gasteiger partial charge is 0.381 e. The van der Waals surface area contributed by atoms with E-state index in [1.807, 2.05) is 0 Å². The van der Waals surface area contributed by atoms with E-state index in [1.54, 1.807) is 11.8 Å². The van der Waals surface area contributed by atoms with Crippen LogP contribution in [0.2, 0.25) is 0 Å². The number of urea groups is 1. The van der Waals surface area contributed by atoms with E-state index in [0.29, 0.717) is 25.5 Å². The molecule has 2 amide bonds. The van der Waals surface area contributed by atoms with E-state index < -0.39 is 0 Å². The van der Waals surface area contributed by atoms with E-state index >= 15 is 0 Å². The average molecular weight is 296 g/mol. The van der Waals surface area contributed by atoms with Crippen LogP contribution in [0, 0.1) is 6.92 Å². The van der Waals surface area contributed by atoms with E-state index in [-0.39, 0.29) is 17.6 Å². The lowest BCUT2D eigenvalue weighted by Gasteiger charge is -2.35. The van der Waals surface area contributed by atoms with Crippen LogP contribution in [0.25, 0.3) is 0 Å². The van der Waals surface area contributed by atoms with Crippen LogP contribution in [-0.2, 0) is 9.47 Å². The summed E-state index contributed by atoms with van der Waals surface area (Å²) in [6.07, 6.45) is 2.61. The molecule has 8 heteroatoms. The van der Waals surface area contributed by atoms with Crippen LogP contribution < -0.4 is 5.32 Å². The van der Waals surface area contributed by atoms with Crippen LogP contribution in [0.1, 0.15) is 25.1 Å². The molecule has 3 heterocycles. The molecule has 0 aromatic carbocycles. The number of carbonyl (C=O) groups is 1. The zero-order valence-electron chi connectivity index (χ0n) is 12.1. The number of nitrogens with one attached hydrogen (secondary N) is 1. The highest BCUT2D eigenvalue weighted by Gasteiger charge is 2.36. The Balaban J connectivity index is 1.58. The molecule has 2 aliphatic heterocycles. The Hall–Kier alpha value is -1.67. The van der Waals surface area contributed by atoms with Crippen molar-refractivity contribution in [3.8, 4) is 0 Å². The third-order valence-electron chi connectivity index (χ3n) is 4.04. The first-order valence-corrected chi connectivity index (χ1v) is 7.25. The van der Waals surface area contributed by atoms with Gasteiger partial charge in [0.25, 0.3) is 0 Å². The molecule has 0 bridgehead atoms. The number of ether oxygens (including phenoxy) is 2. The topological polar surface area (TPSA) is 89.7 Å². The van der Waals surface area contributed by atoms with Gasteiger partial charge in [-0.1, -0.05) is 5.16 Å². The summed E-state index contributed by atoms with van der Waals surface area (Å²) >= 11 is 0. The van der Waals surface area contributed by atoms with Gasteiger partial charge >= 0.3 is 12.0 Å². The van der Waals surface area contributed by atoms with Crippen molar-refractivity contribution in [2.75, 3.05) is 38.2 Å². The molecule has 0 atom stereocenters. The van der Waals surface area contributed by atoms with Crippen molar-refractivity contribution in [3.05, 3.63) is 5.82 Å². The van der Waals surface area contributed by atoms with Crippen LogP contribution in [0.15, 0.2) is 4.52 Å². The van der Waals surface area contributed by atoms with Crippen LogP contribution in [0.5, 0.6) is 0 Å². The van der Waals surface area contributed by atoms with Gasteiger partial charge in [-0.2, -0.15) is 4.98 Å². The van der Waals surface area contributed by atoms with Gasteiger partial charge in [0.05, 0.1) is 12.2 Å². The fourth-order valence-electron chi connectivity index (χ4n) is 2.75. The van der Waals surface area contributed by atoms with Crippen molar-refractivity contribution in [2.24, 2.45) is 0 Å². The zero-order valence-corrected chi connectivity index (χ0v) is 12.1. The molecule has 2 saturated heterocycles. The average Bonchev–Trinajstić information content (AvgIpc) is 2.77. The lowest BCUT2D eigenvalue weighted by atomic mass is 9.90. The third kappa shape index (κ3) is 3.33. The van der Waals surface area contributed by atoms with Gasteiger partial charge in [0, 0.05) is 26.3 Å². The smallest absolute Gasteiger partial charge is 0.329 e. The number of amides is 2. The highest BCUT2D eigenvalue weighted by Crippen LogP contribution is 2.30. The van der Waals surface area contributed by atoms with Crippen LogP contribution >= 0.6 is 0 Å². The number of hydrogen-bond acceptors (Lipinski definition) is 6. The summed E-state index contributed by atoms with van der Waals surface area (Å²) in [7, 11) is 0. The van der Waals surface area contributed by atoms with E-state index in [0.717, 1.165) is 32.5 Å². The standard InChI is InChI=1S/C13H20N4O4/c1-10-14-11(21-16-10)15-12(18)17-5-2-13(20-9-6-17)3-7-19-8-4-13/h2-9H2,1H3,(H,14,15,16,18). The maximum absolute atomic E-state index is 12.2. The van der Waals surface area contributed by atoms with Gasteiger partial charge in [0.1, 0.15) is 0 Å². The van der Waals surface area contributed by atoms with Crippen LogP contribution in [-0.4, -0.2) is 59.6 Å². The quantitative estimate of drug-likeness (QED) is 0.837. The number of nitrogens with zero attached hydrogens (tertiary/aromatic N) is 3. The normalized spacial score (nSPS) is 22.0. The van der Waals surface area contributed by atoms with Crippen molar-refractivity contribution in [2.45, 2.75) is 31.8 Å². The van der Waals surface area contributed by atoms with E-state index in [9.17, 15) is 4.79 Å². The Morgan fingerprint density at radius 2 is 2.05 bits per heavy atom. The Morgan fingerprint density at radius 1 is 1.24 bits per heavy atom. The fraction of sp³-hybridized carbons (Fsp3) is 0.769. The Labute approximate surface area is 122 Å². The highest BCUT2D eigenvalue weighted by molar-refractivity contribution is 5.87. The minimum Gasteiger partial charge on any atom is -0.381 e. The number of carbonyl (C=O) groups excluding carboxylic acids is 1. The molecule has 2 aliphatic rings. The summed E-state index contributed by atoms with van der Waals surface area (Å²) in [5.74, 6) is 0.491. The molecular formula is C13H20N4O4. The highest BCUT2D eigenvalue weighted by atomic mass is 16.5. The lowest BCUT2D eigenvalue weighted by Crippen LogP contribution is -2.40. The summed E-state index contributed by atoms with van der Waals surface area (Å²) in [5.41, 5.74) is -0.131. The first-order chi connectivity index (χ1) is 10.2. The molecule has 0 aliphatic carbocycles. The van der Waals surface area contributed by atoms with Gasteiger partial charge in [-0.05, 0) is 26.2 Å². The summed E-state index contributed by atoms with van der Waals surface area (Å²) in [5, 5.41) is 6.26. The van der Waals surface area contributed by atoms with Gasteiger partial charge in [-0.25, -0.2) is 4.79 Å². The second kappa shape index (κ2) is 5.98. The maximum atomic E-state index is 12.2.